The minimum atomic E-state index is -0.685. The number of halogens is 2. The normalized spacial score (nSPS) is 21.4. The number of aliphatic hydroxyl groups is 1. The standard InChI is InChI=1S/C20H22ClFN2O2/c1-14(15-2-6-17(21)7-3-15)24-12-10-20(11-13-25,23-19(24)26)16-4-8-18(22)9-5-16/h2-9,14,25H,10-13H2,1H3,(H,23,26)/t14-,20-/m0/s1. The Labute approximate surface area is 157 Å². The lowest BCUT2D eigenvalue weighted by atomic mass is 9.82. The molecule has 1 fully saturated rings. The van der Waals surface area contributed by atoms with E-state index in [-0.39, 0.29) is 24.5 Å². The summed E-state index contributed by atoms with van der Waals surface area (Å²) in [7, 11) is 0. The van der Waals surface area contributed by atoms with E-state index in [2.05, 4.69) is 5.32 Å². The topological polar surface area (TPSA) is 52.6 Å². The zero-order chi connectivity index (χ0) is 18.7. The van der Waals surface area contributed by atoms with E-state index in [0.717, 1.165) is 11.1 Å². The molecule has 2 atom stereocenters. The molecule has 0 spiro atoms. The summed E-state index contributed by atoms with van der Waals surface area (Å²) < 4.78 is 13.3. The highest BCUT2D eigenvalue weighted by molar-refractivity contribution is 6.30. The molecule has 0 aromatic heterocycles. The van der Waals surface area contributed by atoms with Gasteiger partial charge in [-0.15, -0.1) is 0 Å². The van der Waals surface area contributed by atoms with Gasteiger partial charge in [-0.1, -0.05) is 35.9 Å². The lowest BCUT2D eigenvalue weighted by Crippen LogP contribution is -2.58. The van der Waals surface area contributed by atoms with E-state index >= 15 is 0 Å². The molecule has 1 aliphatic rings. The Balaban J connectivity index is 1.81. The SMILES string of the molecule is C[C@@H](c1ccc(Cl)cc1)N1CC[C@](CCO)(c2ccc(F)cc2)NC1=O. The zero-order valence-electron chi connectivity index (χ0n) is 14.6. The van der Waals surface area contributed by atoms with Crippen LogP contribution in [0.25, 0.3) is 0 Å². The van der Waals surface area contributed by atoms with Crippen LogP contribution in [0.3, 0.4) is 0 Å². The third-order valence-corrected chi connectivity index (χ3v) is 5.39. The minimum absolute atomic E-state index is 0.0651. The van der Waals surface area contributed by atoms with Crippen LogP contribution < -0.4 is 5.32 Å². The molecular formula is C20H22ClFN2O2. The fourth-order valence-electron chi connectivity index (χ4n) is 3.55. The Morgan fingerprint density at radius 3 is 2.46 bits per heavy atom. The monoisotopic (exact) mass is 376 g/mol. The first kappa shape index (κ1) is 18.7. The van der Waals surface area contributed by atoms with Crippen molar-refractivity contribution >= 4 is 17.6 Å². The zero-order valence-corrected chi connectivity index (χ0v) is 15.3. The van der Waals surface area contributed by atoms with Crippen LogP contribution in [0, 0.1) is 5.82 Å². The van der Waals surface area contributed by atoms with Crippen LogP contribution in [0.15, 0.2) is 48.5 Å². The molecule has 0 saturated carbocycles. The first-order valence-electron chi connectivity index (χ1n) is 8.66. The predicted molar refractivity (Wildman–Crippen MR) is 99.5 cm³/mol. The molecule has 0 radical (unpaired) electrons. The lowest BCUT2D eigenvalue weighted by molar-refractivity contribution is 0.110. The van der Waals surface area contributed by atoms with Gasteiger partial charge in [0.05, 0.1) is 11.6 Å². The van der Waals surface area contributed by atoms with Crippen molar-refractivity contribution in [2.75, 3.05) is 13.2 Å². The molecule has 26 heavy (non-hydrogen) atoms. The van der Waals surface area contributed by atoms with Crippen molar-refractivity contribution in [3.63, 3.8) is 0 Å². The number of aliphatic hydroxyl groups excluding tert-OH is 1. The molecular weight excluding hydrogens is 355 g/mol. The fraction of sp³-hybridized carbons (Fsp3) is 0.350. The van der Waals surface area contributed by atoms with Gasteiger partial charge in [0.15, 0.2) is 0 Å². The van der Waals surface area contributed by atoms with Crippen molar-refractivity contribution < 1.29 is 14.3 Å². The van der Waals surface area contributed by atoms with Gasteiger partial charge < -0.3 is 15.3 Å². The van der Waals surface area contributed by atoms with E-state index in [0.29, 0.717) is 24.4 Å². The third kappa shape index (κ3) is 3.69. The number of nitrogens with zero attached hydrogens (tertiary/aromatic N) is 1. The highest BCUT2D eigenvalue weighted by atomic mass is 35.5. The Kier molecular flexibility index (Phi) is 5.49. The van der Waals surface area contributed by atoms with Crippen molar-refractivity contribution in [3.8, 4) is 0 Å². The quantitative estimate of drug-likeness (QED) is 0.820. The van der Waals surface area contributed by atoms with E-state index in [1.165, 1.54) is 12.1 Å². The smallest absolute Gasteiger partial charge is 0.318 e. The molecule has 0 aliphatic carbocycles. The van der Waals surface area contributed by atoms with Gasteiger partial charge in [0, 0.05) is 18.2 Å². The molecule has 2 aromatic rings. The second kappa shape index (κ2) is 7.64. The summed E-state index contributed by atoms with van der Waals surface area (Å²) in [5, 5.41) is 13.2. The average Bonchev–Trinajstić information content (AvgIpc) is 2.63. The largest absolute Gasteiger partial charge is 0.396 e. The van der Waals surface area contributed by atoms with E-state index < -0.39 is 5.54 Å². The van der Waals surface area contributed by atoms with Crippen LogP contribution >= 0.6 is 11.6 Å². The number of carbonyl (C=O) groups excluding carboxylic acids is 1. The highest BCUT2D eigenvalue weighted by Crippen LogP contribution is 2.35. The Morgan fingerprint density at radius 1 is 1.23 bits per heavy atom. The molecule has 6 heteroatoms. The summed E-state index contributed by atoms with van der Waals surface area (Å²) in [5.41, 5.74) is 1.12. The van der Waals surface area contributed by atoms with E-state index in [9.17, 15) is 14.3 Å². The molecule has 138 valence electrons. The Bertz CT molecular complexity index is 766. The summed E-state index contributed by atoms with van der Waals surface area (Å²) in [6.45, 7) is 2.44. The van der Waals surface area contributed by atoms with Crippen molar-refractivity contribution in [2.45, 2.75) is 31.3 Å². The maximum Gasteiger partial charge on any atom is 0.318 e. The third-order valence-electron chi connectivity index (χ3n) is 5.14. The van der Waals surface area contributed by atoms with Crippen LogP contribution in [0.5, 0.6) is 0 Å². The van der Waals surface area contributed by atoms with Gasteiger partial charge in [-0.25, -0.2) is 9.18 Å². The summed E-state index contributed by atoms with van der Waals surface area (Å²) >= 11 is 5.94. The van der Waals surface area contributed by atoms with Gasteiger partial charge in [0.2, 0.25) is 0 Å². The molecule has 2 aromatic carbocycles. The number of benzene rings is 2. The van der Waals surface area contributed by atoms with Crippen molar-refractivity contribution in [2.24, 2.45) is 0 Å². The predicted octanol–water partition coefficient (Wildman–Crippen LogP) is 4.23. The molecule has 1 saturated heterocycles. The van der Waals surface area contributed by atoms with Gasteiger partial charge in [0.1, 0.15) is 5.82 Å². The Hall–Kier alpha value is -2.11. The second-order valence-corrected chi connectivity index (χ2v) is 7.10. The molecule has 2 N–H and O–H groups in total. The summed E-state index contributed by atoms with van der Waals surface area (Å²) in [4.78, 5) is 14.6. The molecule has 0 bridgehead atoms. The number of hydrogen-bond acceptors (Lipinski definition) is 2. The van der Waals surface area contributed by atoms with E-state index in [1.807, 2.05) is 31.2 Å². The molecule has 0 unspecified atom stereocenters. The van der Waals surface area contributed by atoms with Crippen molar-refractivity contribution in [1.82, 2.24) is 10.2 Å². The van der Waals surface area contributed by atoms with E-state index in [4.69, 9.17) is 11.6 Å². The number of amides is 2. The molecule has 1 aliphatic heterocycles. The van der Waals surface area contributed by atoms with Crippen LogP contribution in [0.4, 0.5) is 9.18 Å². The summed E-state index contributed by atoms with van der Waals surface area (Å²) in [6.07, 6.45) is 1.01. The second-order valence-electron chi connectivity index (χ2n) is 6.66. The van der Waals surface area contributed by atoms with Crippen LogP contribution in [0.2, 0.25) is 5.02 Å². The average molecular weight is 377 g/mol. The van der Waals surface area contributed by atoms with Gasteiger partial charge in [-0.2, -0.15) is 0 Å². The number of urea groups is 1. The Morgan fingerprint density at radius 2 is 1.88 bits per heavy atom. The van der Waals surface area contributed by atoms with Crippen LogP contribution in [-0.2, 0) is 5.54 Å². The first-order chi connectivity index (χ1) is 12.4. The molecule has 1 heterocycles. The number of nitrogens with one attached hydrogen (secondary N) is 1. The highest BCUT2D eigenvalue weighted by Gasteiger charge is 2.40. The van der Waals surface area contributed by atoms with Crippen molar-refractivity contribution in [3.05, 3.63) is 70.5 Å². The maximum absolute atomic E-state index is 13.3. The van der Waals surface area contributed by atoms with Gasteiger partial charge in [-0.05, 0) is 55.2 Å². The number of carbonyl (C=O) groups is 1. The summed E-state index contributed by atoms with van der Waals surface area (Å²) in [6, 6.07) is 13.2. The summed E-state index contributed by atoms with van der Waals surface area (Å²) in [5.74, 6) is -0.326. The fourth-order valence-corrected chi connectivity index (χ4v) is 3.68. The van der Waals surface area contributed by atoms with Gasteiger partial charge in [-0.3, -0.25) is 0 Å². The van der Waals surface area contributed by atoms with E-state index in [1.54, 1.807) is 17.0 Å². The lowest BCUT2D eigenvalue weighted by Gasteiger charge is -2.44. The van der Waals surface area contributed by atoms with Gasteiger partial charge in [0.25, 0.3) is 0 Å². The molecule has 2 amide bonds. The van der Waals surface area contributed by atoms with Crippen LogP contribution in [-0.4, -0.2) is 29.2 Å². The number of hydrogen-bond donors (Lipinski definition) is 2. The van der Waals surface area contributed by atoms with Crippen LogP contribution in [0.1, 0.15) is 36.9 Å². The van der Waals surface area contributed by atoms with Crippen molar-refractivity contribution in [1.29, 1.82) is 0 Å². The first-order valence-corrected chi connectivity index (χ1v) is 9.04. The van der Waals surface area contributed by atoms with Gasteiger partial charge >= 0.3 is 6.03 Å². The molecule has 4 nitrogen and oxygen atoms in total. The minimum Gasteiger partial charge on any atom is -0.396 e. The molecule has 3 rings (SSSR count). The maximum atomic E-state index is 13.3. The number of rotatable bonds is 5.